The number of aryl methyl sites for hydroxylation is 1. The smallest absolute Gasteiger partial charge is 0.347 e. The highest BCUT2D eigenvalue weighted by atomic mass is 28.4. The Bertz CT molecular complexity index is 2230. The number of ether oxygens (including phenoxy) is 4. The summed E-state index contributed by atoms with van der Waals surface area (Å²) in [5, 5.41) is 1.10. The Labute approximate surface area is 306 Å². The van der Waals surface area contributed by atoms with E-state index in [9.17, 15) is 9.59 Å². The van der Waals surface area contributed by atoms with Crippen LogP contribution in [0.4, 0.5) is 0 Å². The minimum absolute atomic E-state index is 0.0863. The van der Waals surface area contributed by atoms with Gasteiger partial charge < -0.3 is 32.5 Å². The van der Waals surface area contributed by atoms with Crippen molar-refractivity contribution in [3.8, 4) is 28.5 Å². The standard InChI is InChI=1S/C42H48N2O7Si/c1-42(2,3)52(8,9)51-26-31-20-30-21-34-28(22-35(30)43(31)4)16-13-17-33-38(34)44(24-29-18-19-32(47-5)23-36(29)48-6)40(45)37(41(46)49-7)39(33)50-25-27-14-11-10-12-15-27/h10-16,18-23H,17,24-26H2,1-9H3. The van der Waals surface area contributed by atoms with Crippen LogP contribution in [0.1, 0.15) is 59.1 Å². The Kier molecular flexibility index (Phi) is 10.3. The fourth-order valence-corrected chi connectivity index (χ4v) is 7.38. The molecule has 0 saturated carbocycles. The highest BCUT2D eigenvalue weighted by Crippen LogP contribution is 2.41. The summed E-state index contributed by atoms with van der Waals surface area (Å²) in [6.07, 6.45) is 4.55. The van der Waals surface area contributed by atoms with Crippen molar-refractivity contribution in [1.29, 1.82) is 0 Å². The fraction of sp³-hybridized carbons (Fsp3) is 0.333. The Balaban J connectivity index is 1.59. The number of carbonyl (C=O) groups is 1. The minimum Gasteiger partial charge on any atom is -0.497 e. The molecule has 0 aliphatic heterocycles. The molecule has 272 valence electrons. The molecule has 9 nitrogen and oxygen atoms in total. The molecule has 0 amide bonds. The summed E-state index contributed by atoms with van der Waals surface area (Å²) in [4.78, 5) is 28.3. The molecule has 0 spiro atoms. The van der Waals surface area contributed by atoms with Gasteiger partial charge in [-0.2, -0.15) is 0 Å². The van der Waals surface area contributed by atoms with Crippen LogP contribution in [0.15, 0.2) is 77.6 Å². The van der Waals surface area contributed by atoms with Gasteiger partial charge in [0.15, 0.2) is 13.9 Å². The zero-order chi connectivity index (χ0) is 37.4. The summed E-state index contributed by atoms with van der Waals surface area (Å²) in [5.74, 6) is 0.648. The number of aromatic nitrogens is 2. The predicted octanol–water partition coefficient (Wildman–Crippen LogP) is 8.53. The van der Waals surface area contributed by atoms with Gasteiger partial charge in [0.25, 0.3) is 5.56 Å². The number of pyridine rings is 1. The van der Waals surface area contributed by atoms with Gasteiger partial charge in [-0.15, -0.1) is 0 Å². The molecule has 6 rings (SSSR count). The van der Waals surface area contributed by atoms with Gasteiger partial charge in [-0.05, 0) is 66.0 Å². The number of esters is 1. The first kappa shape index (κ1) is 36.7. The lowest BCUT2D eigenvalue weighted by Crippen LogP contribution is -2.40. The van der Waals surface area contributed by atoms with Crippen LogP contribution in [-0.2, 0) is 42.4 Å². The molecule has 0 radical (unpaired) electrons. The zero-order valence-corrected chi connectivity index (χ0v) is 32.6. The first-order chi connectivity index (χ1) is 24.8. The molecule has 1 aliphatic rings. The summed E-state index contributed by atoms with van der Waals surface area (Å²) in [7, 11) is 4.53. The fourth-order valence-electron chi connectivity index (χ4n) is 6.44. The molecule has 2 aromatic heterocycles. The van der Waals surface area contributed by atoms with E-state index in [2.05, 4.69) is 75.8 Å². The molecule has 0 bridgehead atoms. The van der Waals surface area contributed by atoms with Gasteiger partial charge in [-0.25, -0.2) is 4.79 Å². The molecular weight excluding hydrogens is 673 g/mol. The van der Waals surface area contributed by atoms with Crippen molar-refractivity contribution >= 4 is 31.3 Å². The van der Waals surface area contributed by atoms with Crippen LogP contribution in [0, 0.1) is 0 Å². The lowest BCUT2D eigenvalue weighted by molar-refractivity contribution is 0.0592. The molecule has 0 unspecified atom stereocenters. The molecule has 5 aromatic rings. The minimum atomic E-state index is -1.99. The van der Waals surface area contributed by atoms with Gasteiger partial charge in [0.1, 0.15) is 23.9 Å². The van der Waals surface area contributed by atoms with Gasteiger partial charge in [0.05, 0.1) is 40.2 Å². The SMILES string of the molecule is COC(=O)c1c(OCc2ccccc2)c2c(n(Cc3ccc(OC)cc3OC)c1=O)-c1cc3cc(CO[Si](C)(C)C(C)(C)C)n(C)c3cc1C=CC2. The zero-order valence-electron chi connectivity index (χ0n) is 31.6. The maximum absolute atomic E-state index is 14.8. The lowest BCUT2D eigenvalue weighted by Gasteiger charge is -2.36. The van der Waals surface area contributed by atoms with Gasteiger partial charge in [0.2, 0.25) is 0 Å². The van der Waals surface area contributed by atoms with Crippen molar-refractivity contribution in [3.63, 3.8) is 0 Å². The highest BCUT2D eigenvalue weighted by Gasteiger charge is 2.37. The van der Waals surface area contributed by atoms with Crippen LogP contribution in [0.5, 0.6) is 17.2 Å². The van der Waals surface area contributed by atoms with Gasteiger partial charge in [-0.3, -0.25) is 4.79 Å². The van der Waals surface area contributed by atoms with Crippen molar-refractivity contribution in [2.24, 2.45) is 7.05 Å². The van der Waals surface area contributed by atoms with Crippen molar-refractivity contribution in [1.82, 2.24) is 9.13 Å². The first-order valence-electron chi connectivity index (χ1n) is 17.5. The maximum atomic E-state index is 14.8. The number of carbonyl (C=O) groups excluding carboxylic acids is 1. The molecule has 0 fully saturated rings. The van der Waals surface area contributed by atoms with Gasteiger partial charge in [-0.1, -0.05) is 63.3 Å². The van der Waals surface area contributed by atoms with Crippen LogP contribution in [0.2, 0.25) is 18.1 Å². The highest BCUT2D eigenvalue weighted by molar-refractivity contribution is 6.74. The quantitative estimate of drug-likeness (QED) is 0.0998. The van der Waals surface area contributed by atoms with E-state index in [-0.39, 0.29) is 29.5 Å². The molecular formula is C42H48N2O7Si. The second-order valence-electron chi connectivity index (χ2n) is 14.7. The number of rotatable bonds is 11. The third kappa shape index (κ3) is 6.92. The van der Waals surface area contributed by atoms with E-state index in [0.717, 1.165) is 44.4 Å². The van der Waals surface area contributed by atoms with Crippen molar-refractivity contribution in [2.45, 2.75) is 65.1 Å². The molecule has 10 heteroatoms. The lowest BCUT2D eigenvalue weighted by atomic mass is 9.96. The van der Waals surface area contributed by atoms with Crippen molar-refractivity contribution < 1.29 is 28.2 Å². The molecule has 52 heavy (non-hydrogen) atoms. The van der Waals surface area contributed by atoms with Crippen LogP contribution in [-0.4, -0.2) is 44.8 Å². The molecule has 0 N–H and O–H groups in total. The molecule has 3 aromatic carbocycles. The van der Waals surface area contributed by atoms with Crippen LogP contribution >= 0.6 is 0 Å². The number of hydrogen-bond acceptors (Lipinski definition) is 7. The largest absolute Gasteiger partial charge is 0.497 e. The topological polar surface area (TPSA) is 90.2 Å². The van der Waals surface area contributed by atoms with Crippen LogP contribution in [0.3, 0.4) is 0 Å². The second-order valence-corrected chi connectivity index (χ2v) is 19.5. The monoisotopic (exact) mass is 720 g/mol. The van der Waals surface area contributed by atoms with E-state index in [4.69, 9.17) is 23.4 Å². The first-order valence-corrected chi connectivity index (χ1v) is 20.4. The average molecular weight is 721 g/mol. The van der Waals surface area contributed by atoms with Crippen molar-refractivity contribution in [3.05, 3.63) is 117 Å². The molecule has 0 atom stereocenters. The summed E-state index contributed by atoms with van der Waals surface area (Å²) >= 11 is 0. The van der Waals surface area contributed by atoms with Crippen molar-refractivity contribution in [2.75, 3.05) is 21.3 Å². The number of hydrogen-bond donors (Lipinski definition) is 0. The molecule has 0 saturated heterocycles. The number of allylic oxidation sites excluding steroid dienone is 1. The molecule has 2 heterocycles. The Morgan fingerprint density at radius 3 is 2.35 bits per heavy atom. The number of benzene rings is 3. The summed E-state index contributed by atoms with van der Waals surface area (Å²) < 4.78 is 33.4. The summed E-state index contributed by atoms with van der Waals surface area (Å²) in [6, 6.07) is 21.6. The van der Waals surface area contributed by atoms with E-state index in [1.807, 2.05) is 42.5 Å². The normalized spacial score (nSPS) is 12.6. The average Bonchev–Trinajstić information content (AvgIpc) is 3.31. The third-order valence-corrected chi connectivity index (χ3v) is 15.0. The van der Waals surface area contributed by atoms with Crippen LogP contribution in [0.25, 0.3) is 28.2 Å². The maximum Gasteiger partial charge on any atom is 0.347 e. The van der Waals surface area contributed by atoms with E-state index in [1.54, 1.807) is 24.9 Å². The summed E-state index contributed by atoms with van der Waals surface area (Å²) in [6.45, 7) is 12.0. The van der Waals surface area contributed by atoms with E-state index < -0.39 is 19.8 Å². The number of fused-ring (bicyclic) bond motifs is 4. The van der Waals surface area contributed by atoms with Gasteiger partial charge >= 0.3 is 5.97 Å². The summed E-state index contributed by atoms with van der Waals surface area (Å²) in [5.41, 5.74) is 6.29. The van der Waals surface area contributed by atoms with E-state index >= 15 is 0 Å². The van der Waals surface area contributed by atoms with E-state index in [1.165, 1.54) is 7.11 Å². The van der Waals surface area contributed by atoms with Crippen LogP contribution < -0.4 is 19.8 Å². The Morgan fingerprint density at radius 2 is 1.67 bits per heavy atom. The second kappa shape index (κ2) is 14.5. The number of methoxy groups -OCH3 is 3. The Hall–Kier alpha value is -5.06. The Morgan fingerprint density at radius 1 is 0.923 bits per heavy atom. The number of nitrogens with zero attached hydrogens (tertiary/aromatic N) is 2. The third-order valence-electron chi connectivity index (χ3n) is 10.5. The predicted molar refractivity (Wildman–Crippen MR) is 208 cm³/mol. The van der Waals surface area contributed by atoms with Gasteiger partial charge in [0, 0.05) is 46.4 Å². The molecule has 1 aliphatic carbocycles. The van der Waals surface area contributed by atoms with E-state index in [0.29, 0.717) is 30.2 Å².